The lowest BCUT2D eigenvalue weighted by molar-refractivity contribution is -0.159. The summed E-state index contributed by atoms with van der Waals surface area (Å²) in [6.45, 7) is 6.84. The lowest BCUT2D eigenvalue weighted by atomic mass is 9.92. The molecule has 40 heavy (non-hydrogen) atoms. The molecule has 3 aromatic heterocycles. The van der Waals surface area contributed by atoms with Crippen molar-refractivity contribution in [2.45, 2.75) is 59.2 Å². The summed E-state index contributed by atoms with van der Waals surface area (Å²) in [5.74, 6) is -0.453. The monoisotopic (exact) mass is 543 g/mol. The quantitative estimate of drug-likeness (QED) is 0.236. The molecule has 0 aliphatic heterocycles. The number of aryl methyl sites for hydroxylation is 5. The second-order valence-corrected chi connectivity index (χ2v) is 10.3. The van der Waals surface area contributed by atoms with Gasteiger partial charge >= 0.3 is 12.1 Å². The Morgan fingerprint density at radius 2 is 1.73 bits per heavy atom. The number of benzene rings is 2. The summed E-state index contributed by atoms with van der Waals surface area (Å²) >= 11 is 0. The van der Waals surface area contributed by atoms with Crippen LogP contribution in [0.1, 0.15) is 70.0 Å². The molecule has 204 valence electrons. The molecule has 0 amide bonds. The van der Waals surface area contributed by atoms with Gasteiger partial charge in [-0.25, -0.2) is 9.97 Å². The molecule has 0 fully saturated rings. The lowest BCUT2D eigenvalue weighted by Gasteiger charge is -2.14. The van der Waals surface area contributed by atoms with Crippen molar-refractivity contribution in [2.24, 2.45) is 0 Å². The summed E-state index contributed by atoms with van der Waals surface area (Å²) < 4.78 is 46.0. The Bertz CT molecular complexity index is 1760. The van der Waals surface area contributed by atoms with E-state index < -0.39 is 12.1 Å². The number of imidazole rings is 1. The van der Waals surface area contributed by atoms with E-state index in [1.165, 1.54) is 0 Å². The van der Waals surface area contributed by atoms with Gasteiger partial charge in [0.2, 0.25) is 0 Å². The fraction of sp³-hybridized carbons (Fsp3) is 0.290. The first kappa shape index (κ1) is 26.0. The average Bonchev–Trinajstić information content (AvgIpc) is 3.49. The molecule has 6 nitrogen and oxygen atoms in total. The zero-order chi connectivity index (χ0) is 28.0. The van der Waals surface area contributed by atoms with Gasteiger partial charge in [-0.15, -0.1) is 0 Å². The van der Waals surface area contributed by atoms with Crippen molar-refractivity contribution in [1.29, 1.82) is 0 Å². The van der Waals surface area contributed by atoms with Crippen LogP contribution in [0.2, 0.25) is 0 Å². The van der Waals surface area contributed by atoms with E-state index in [1.54, 1.807) is 6.08 Å². The summed E-state index contributed by atoms with van der Waals surface area (Å²) in [6.07, 6.45) is 0.313. The molecule has 3 heterocycles. The highest BCUT2D eigenvalue weighted by Crippen LogP contribution is 2.36. The van der Waals surface area contributed by atoms with Crippen LogP contribution in [0.3, 0.4) is 0 Å². The number of fused-ring (bicyclic) bond motifs is 3. The van der Waals surface area contributed by atoms with Crippen molar-refractivity contribution in [1.82, 2.24) is 24.7 Å². The van der Waals surface area contributed by atoms with Crippen LogP contribution in [0, 0.1) is 13.8 Å². The zero-order valence-electron chi connectivity index (χ0n) is 22.5. The summed E-state index contributed by atoms with van der Waals surface area (Å²) in [5, 5.41) is 3.59. The number of nitrogens with zero attached hydrogens (tertiary/aromatic N) is 5. The van der Waals surface area contributed by atoms with E-state index in [0.29, 0.717) is 6.54 Å². The molecule has 5 aromatic rings. The largest absolute Gasteiger partial charge is 0.471 e. The molecular weight excluding hydrogens is 515 g/mol. The Kier molecular flexibility index (Phi) is 6.52. The molecule has 0 bridgehead atoms. The van der Waals surface area contributed by atoms with Gasteiger partial charge in [0.05, 0.1) is 6.54 Å². The second-order valence-electron chi connectivity index (χ2n) is 10.3. The first-order valence-corrected chi connectivity index (χ1v) is 13.4. The third-order valence-electron chi connectivity index (χ3n) is 7.30. The number of aromatic nitrogens is 5. The van der Waals surface area contributed by atoms with Gasteiger partial charge in [-0.1, -0.05) is 54.5 Å². The highest BCUT2D eigenvalue weighted by molar-refractivity contribution is 5.93. The van der Waals surface area contributed by atoms with Crippen LogP contribution in [0.5, 0.6) is 0 Å². The Hall–Kier alpha value is -4.27. The van der Waals surface area contributed by atoms with Crippen LogP contribution in [-0.2, 0) is 32.0 Å². The molecule has 0 spiro atoms. The number of hydrogen-bond acceptors (Lipinski definition) is 5. The molecule has 1 aliphatic carbocycles. The SMILES string of the molecule is CCCc1nc2c(C)cc(C)nc2n1Cc1ccc2c(c1)CCc1ccccc1/C2=C\c1noc(C(F)(F)F)n1. The maximum absolute atomic E-state index is 13.1. The van der Waals surface area contributed by atoms with Gasteiger partial charge in [0.25, 0.3) is 0 Å². The van der Waals surface area contributed by atoms with Gasteiger partial charge < -0.3 is 9.09 Å². The molecule has 1 aliphatic rings. The molecule has 0 saturated heterocycles. The maximum Gasteiger partial charge on any atom is 0.471 e. The summed E-state index contributed by atoms with van der Waals surface area (Å²) in [5.41, 5.74) is 9.91. The number of alkyl halides is 3. The molecular formula is C31H28F3N5O. The zero-order valence-corrected chi connectivity index (χ0v) is 22.5. The fourth-order valence-electron chi connectivity index (χ4n) is 5.54. The van der Waals surface area contributed by atoms with Gasteiger partial charge in [0, 0.05) is 12.1 Å². The minimum absolute atomic E-state index is 0.111. The van der Waals surface area contributed by atoms with Crippen LogP contribution in [0.4, 0.5) is 13.2 Å². The van der Waals surface area contributed by atoms with E-state index in [1.807, 2.05) is 31.2 Å². The first-order chi connectivity index (χ1) is 19.2. The van der Waals surface area contributed by atoms with Crippen LogP contribution < -0.4 is 0 Å². The third-order valence-corrected chi connectivity index (χ3v) is 7.30. The predicted octanol–water partition coefficient (Wildman–Crippen LogP) is 7.14. The first-order valence-electron chi connectivity index (χ1n) is 13.4. The van der Waals surface area contributed by atoms with Crippen LogP contribution in [0.15, 0.2) is 53.1 Å². The van der Waals surface area contributed by atoms with Gasteiger partial charge in [-0.3, -0.25) is 0 Å². The lowest BCUT2D eigenvalue weighted by Crippen LogP contribution is -2.07. The molecule has 0 unspecified atom stereocenters. The number of rotatable bonds is 5. The smallest absolute Gasteiger partial charge is 0.329 e. The van der Waals surface area contributed by atoms with E-state index in [2.05, 4.69) is 57.3 Å². The maximum atomic E-state index is 13.1. The van der Waals surface area contributed by atoms with Crippen molar-refractivity contribution < 1.29 is 17.7 Å². The van der Waals surface area contributed by atoms with Gasteiger partial charge in [0.15, 0.2) is 11.5 Å². The van der Waals surface area contributed by atoms with Gasteiger partial charge in [0.1, 0.15) is 11.3 Å². The Morgan fingerprint density at radius 1 is 0.950 bits per heavy atom. The van der Waals surface area contributed by atoms with Crippen LogP contribution >= 0.6 is 0 Å². The van der Waals surface area contributed by atoms with Crippen molar-refractivity contribution >= 4 is 22.8 Å². The van der Waals surface area contributed by atoms with Crippen LogP contribution in [-0.4, -0.2) is 24.7 Å². The molecule has 2 aromatic carbocycles. The Labute approximate surface area is 229 Å². The molecule has 0 saturated carbocycles. The van der Waals surface area contributed by atoms with Crippen molar-refractivity contribution in [3.05, 3.63) is 105 Å². The minimum Gasteiger partial charge on any atom is -0.329 e. The van der Waals surface area contributed by atoms with E-state index in [4.69, 9.17) is 9.97 Å². The summed E-state index contributed by atoms with van der Waals surface area (Å²) in [4.78, 5) is 13.4. The van der Waals surface area contributed by atoms with E-state index in [-0.39, 0.29) is 5.82 Å². The van der Waals surface area contributed by atoms with Gasteiger partial charge in [-0.2, -0.15) is 18.2 Å². The highest BCUT2D eigenvalue weighted by atomic mass is 19.4. The number of hydrogen-bond donors (Lipinski definition) is 0. The standard InChI is InChI=1S/C31H28F3N5O/c1-4-7-27-37-28-18(2)14-19(3)35-29(28)39(27)17-20-10-13-24-22(15-20)12-11-21-8-5-6-9-23(21)25(24)16-26-36-30(40-38-26)31(32,33)34/h5-6,8-10,13-16H,4,7,11-12,17H2,1-3H3/b25-16+. The van der Waals surface area contributed by atoms with Gasteiger partial charge in [-0.05, 0) is 84.2 Å². The number of halogens is 3. The topological polar surface area (TPSA) is 69.6 Å². The van der Waals surface area contributed by atoms with Crippen molar-refractivity contribution in [3.63, 3.8) is 0 Å². The van der Waals surface area contributed by atoms with Crippen molar-refractivity contribution in [2.75, 3.05) is 0 Å². The average molecular weight is 544 g/mol. The third kappa shape index (κ3) is 4.80. The second kappa shape index (κ2) is 10.0. The van der Waals surface area contributed by atoms with E-state index in [9.17, 15) is 13.2 Å². The van der Waals surface area contributed by atoms with Crippen molar-refractivity contribution in [3.8, 4) is 0 Å². The Morgan fingerprint density at radius 3 is 2.50 bits per heavy atom. The highest BCUT2D eigenvalue weighted by Gasteiger charge is 2.38. The van der Waals surface area contributed by atoms with E-state index >= 15 is 0 Å². The normalized spacial score (nSPS) is 14.4. The molecule has 0 atom stereocenters. The molecule has 9 heteroatoms. The minimum atomic E-state index is -4.70. The molecule has 6 rings (SSSR count). The van der Waals surface area contributed by atoms with E-state index in [0.717, 1.165) is 87.3 Å². The number of pyridine rings is 1. The predicted molar refractivity (Wildman–Crippen MR) is 147 cm³/mol. The fourth-order valence-corrected chi connectivity index (χ4v) is 5.54. The Balaban J connectivity index is 1.44. The molecule has 0 N–H and O–H groups in total. The molecule has 0 radical (unpaired) electrons. The summed E-state index contributed by atoms with van der Waals surface area (Å²) in [6, 6.07) is 16.3. The summed E-state index contributed by atoms with van der Waals surface area (Å²) in [7, 11) is 0. The van der Waals surface area contributed by atoms with Crippen LogP contribution in [0.25, 0.3) is 22.8 Å².